The maximum atomic E-state index is 11.1. The van der Waals surface area contributed by atoms with E-state index < -0.39 is 5.91 Å². The van der Waals surface area contributed by atoms with Crippen LogP contribution in [0.4, 0.5) is 5.82 Å². The van der Waals surface area contributed by atoms with E-state index in [1.165, 1.54) is 0 Å². The van der Waals surface area contributed by atoms with Gasteiger partial charge in [-0.05, 0) is 0 Å². The lowest BCUT2D eigenvalue weighted by atomic mass is 10.2. The number of halogens is 1. The number of hydrogen-bond acceptors (Lipinski definition) is 4. The maximum Gasteiger partial charge on any atom is 0.269 e. The van der Waals surface area contributed by atoms with Crippen LogP contribution in [-0.4, -0.2) is 15.9 Å². The number of rotatable bonds is 3. The molecule has 0 saturated carbocycles. The van der Waals surface area contributed by atoms with Crippen molar-refractivity contribution in [2.75, 3.05) is 5.43 Å². The predicted octanol–water partition coefficient (Wildman–Crippen LogP) is 0.883. The molecule has 1 aromatic carbocycles. The molecular formula is C10H12ClN5O. The van der Waals surface area contributed by atoms with Crippen molar-refractivity contribution >= 4 is 24.1 Å². The fourth-order valence-electron chi connectivity index (χ4n) is 1.39. The predicted molar refractivity (Wildman–Crippen MR) is 67.6 cm³/mol. The smallest absolute Gasteiger partial charge is 0.269 e. The Morgan fingerprint density at radius 2 is 1.94 bits per heavy atom. The lowest BCUT2D eigenvalue weighted by molar-refractivity contribution is 0.0997. The first-order chi connectivity index (χ1) is 7.72. The number of carbonyl (C=O) groups is 1. The molecule has 0 aliphatic heterocycles. The number of amides is 1. The molecule has 0 saturated heterocycles. The van der Waals surface area contributed by atoms with Crippen LogP contribution in [0, 0.1) is 0 Å². The standard InChI is InChI=1S/C10H11N5O.ClH/c11-8(16)7-10(15-12)14-9(13-7)6-4-2-1-3-5-6;/h1-5,15H,12H2,(H2,11,16)(H,13,14);1H. The number of nitrogens with one attached hydrogen (secondary N) is 2. The summed E-state index contributed by atoms with van der Waals surface area (Å²) in [6.45, 7) is 0. The number of carbonyl (C=O) groups excluding carboxylic acids is 1. The Bertz CT molecular complexity index is 511. The number of nitrogens with zero attached hydrogens (tertiary/aromatic N) is 1. The average Bonchev–Trinajstić information content (AvgIpc) is 2.74. The largest absolute Gasteiger partial charge is 0.364 e. The van der Waals surface area contributed by atoms with E-state index in [2.05, 4.69) is 15.4 Å². The van der Waals surface area contributed by atoms with Gasteiger partial charge in [0.25, 0.3) is 5.91 Å². The van der Waals surface area contributed by atoms with Gasteiger partial charge in [0.2, 0.25) is 0 Å². The van der Waals surface area contributed by atoms with Crippen molar-refractivity contribution < 1.29 is 4.79 Å². The van der Waals surface area contributed by atoms with Gasteiger partial charge in [-0.25, -0.2) is 10.8 Å². The van der Waals surface area contributed by atoms with Crippen molar-refractivity contribution in [2.24, 2.45) is 11.6 Å². The molecule has 0 aliphatic carbocycles. The molecule has 0 atom stereocenters. The average molecular weight is 254 g/mol. The normalized spacial score (nSPS) is 9.47. The second-order valence-electron chi connectivity index (χ2n) is 3.18. The molecule has 6 nitrogen and oxygen atoms in total. The van der Waals surface area contributed by atoms with Crippen molar-refractivity contribution in [1.82, 2.24) is 9.97 Å². The van der Waals surface area contributed by atoms with Gasteiger partial charge in [0.05, 0.1) is 0 Å². The zero-order valence-corrected chi connectivity index (χ0v) is 9.62. The molecule has 0 radical (unpaired) electrons. The summed E-state index contributed by atoms with van der Waals surface area (Å²) >= 11 is 0. The third-order valence-corrected chi connectivity index (χ3v) is 2.13. The van der Waals surface area contributed by atoms with Gasteiger partial charge < -0.3 is 16.1 Å². The molecule has 2 rings (SSSR count). The van der Waals surface area contributed by atoms with Crippen LogP contribution in [0.15, 0.2) is 30.3 Å². The second-order valence-corrected chi connectivity index (χ2v) is 3.18. The van der Waals surface area contributed by atoms with Crippen LogP contribution in [0.2, 0.25) is 0 Å². The summed E-state index contributed by atoms with van der Waals surface area (Å²) in [7, 11) is 0. The van der Waals surface area contributed by atoms with Gasteiger partial charge in [0, 0.05) is 5.56 Å². The van der Waals surface area contributed by atoms with E-state index in [1.54, 1.807) is 0 Å². The highest BCUT2D eigenvalue weighted by atomic mass is 35.5. The van der Waals surface area contributed by atoms with Crippen LogP contribution >= 0.6 is 12.4 Å². The van der Waals surface area contributed by atoms with Gasteiger partial charge >= 0.3 is 0 Å². The lowest BCUT2D eigenvalue weighted by Gasteiger charge is -1.93. The van der Waals surface area contributed by atoms with Gasteiger partial charge in [-0.2, -0.15) is 0 Å². The van der Waals surface area contributed by atoms with E-state index in [1.807, 2.05) is 30.3 Å². The highest BCUT2D eigenvalue weighted by Crippen LogP contribution is 2.19. The van der Waals surface area contributed by atoms with E-state index >= 15 is 0 Å². The number of imidazole rings is 1. The Labute approximate surface area is 104 Å². The summed E-state index contributed by atoms with van der Waals surface area (Å²) in [5.41, 5.74) is 8.52. The number of aromatic nitrogens is 2. The number of anilines is 1. The molecule has 17 heavy (non-hydrogen) atoms. The number of hydrogen-bond donors (Lipinski definition) is 4. The van der Waals surface area contributed by atoms with Crippen LogP contribution in [0.25, 0.3) is 11.4 Å². The number of hydrazine groups is 1. The molecular weight excluding hydrogens is 242 g/mol. The maximum absolute atomic E-state index is 11.1. The number of primary amides is 1. The van der Waals surface area contributed by atoms with Gasteiger partial charge in [-0.3, -0.25) is 4.79 Å². The summed E-state index contributed by atoms with van der Waals surface area (Å²) < 4.78 is 0. The summed E-state index contributed by atoms with van der Waals surface area (Å²) in [5, 5.41) is 0. The topological polar surface area (TPSA) is 110 Å². The van der Waals surface area contributed by atoms with Crippen molar-refractivity contribution in [3.63, 3.8) is 0 Å². The monoisotopic (exact) mass is 253 g/mol. The van der Waals surface area contributed by atoms with Crippen molar-refractivity contribution in [1.29, 1.82) is 0 Å². The number of benzene rings is 1. The molecule has 1 heterocycles. The third kappa shape index (κ3) is 2.55. The molecule has 0 unspecified atom stereocenters. The Hall–Kier alpha value is -2.05. The van der Waals surface area contributed by atoms with E-state index in [4.69, 9.17) is 11.6 Å². The summed E-state index contributed by atoms with van der Waals surface area (Å²) in [5.74, 6) is 5.42. The summed E-state index contributed by atoms with van der Waals surface area (Å²) in [6.07, 6.45) is 0. The summed E-state index contributed by atoms with van der Waals surface area (Å²) in [4.78, 5) is 18.0. The van der Waals surface area contributed by atoms with E-state index in [9.17, 15) is 4.79 Å². The first-order valence-corrected chi connectivity index (χ1v) is 4.64. The zero-order valence-electron chi connectivity index (χ0n) is 8.81. The minimum atomic E-state index is -0.609. The van der Waals surface area contributed by atoms with Gasteiger partial charge in [-0.1, -0.05) is 30.3 Å². The first kappa shape index (κ1) is 13.0. The quantitative estimate of drug-likeness (QED) is 0.481. The Balaban J connectivity index is 0.00000144. The van der Waals surface area contributed by atoms with E-state index in [0.717, 1.165) is 5.56 Å². The Morgan fingerprint density at radius 1 is 1.29 bits per heavy atom. The van der Waals surface area contributed by atoms with E-state index in [-0.39, 0.29) is 23.9 Å². The second kappa shape index (κ2) is 5.33. The Morgan fingerprint density at radius 3 is 2.41 bits per heavy atom. The zero-order chi connectivity index (χ0) is 11.5. The van der Waals surface area contributed by atoms with Gasteiger partial charge in [0.1, 0.15) is 11.5 Å². The number of nitrogen functional groups attached to an aromatic ring is 1. The fraction of sp³-hybridized carbons (Fsp3) is 0. The number of nitrogens with two attached hydrogens (primary N) is 2. The lowest BCUT2D eigenvalue weighted by Crippen LogP contribution is -2.17. The first-order valence-electron chi connectivity index (χ1n) is 4.64. The van der Waals surface area contributed by atoms with Crippen LogP contribution in [0.3, 0.4) is 0 Å². The highest BCUT2D eigenvalue weighted by molar-refractivity contribution is 5.96. The number of H-pyrrole nitrogens is 1. The molecule has 0 aliphatic rings. The van der Waals surface area contributed by atoms with Crippen molar-refractivity contribution in [3.8, 4) is 11.4 Å². The van der Waals surface area contributed by atoms with Crippen LogP contribution in [0.1, 0.15) is 10.5 Å². The fourth-order valence-corrected chi connectivity index (χ4v) is 1.39. The third-order valence-electron chi connectivity index (χ3n) is 2.13. The molecule has 90 valence electrons. The van der Waals surface area contributed by atoms with E-state index in [0.29, 0.717) is 5.82 Å². The molecule has 2 aromatic rings. The highest BCUT2D eigenvalue weighted by Gasteiger charge is 2.14. The van der Waals surface area contributed by atoms with Crippen LogP contribution in [-0.2, 0) is 0 Å². The van der Waals surface area contributed by atoms with Crippen LogP contribution in [0.5, 0.6) is 0 Å². The Kier molecular flexibility index (Phi) is 4.08. The summed E-state index contributed by atoms with van der Waals surface area (Å²) in [6, 6.07) is 9.37. The van der Waals surface area contributed by atoms with Gasteiger partial charge in [0.15, 0.2) is 5.82 Å². The molecule has 6 N–H and O–H groups in total. The molecule has 0 spiro atoms. The van der Waals surface area contributed by atoms with Crippen molar-refractivity contribution in [3.05, 3.63) is 36.0 Å². The van der Waals surface area contributed by atoms with Gasteiger partial charge in [-0.15, -0.1) is 12.4 Å². The molecule has 1 aromatic heterocycles. The molecule has 7 heteroatoms. The number of aromatic amines is 1. The SMILES string of the molecule is Cl.NNc1nc(-c2ccccc2)[nH]c1C(N)=O. The molecule has 0 fully saturated rings. The van der Waals surface area contributed by atoms with Crippen molar-refractivity contribution in [2.45, 2.75) is 0 Å². The minimum absolute atomic E-state index is 0. The minimum Gasteiger partial charge on any atom is -0.364 e. The molecule has 1 amide bonds. The van der Waals surface area contributed by atoms with Crippen LogP contribution < -0.4 is 17.0 Å². The molecule has 0 bridgehead atoms.